The second-order valence-electron chi connectivity index (χ2n) is 18.8. The van der Waals surface area contributed by atoms with E-state index in [0.29, 0.717) is 24.1 Å². The van der Waals surface area contributed by atoms with Crippen molar-refractivity contribution in [3.63, 3.8) is 0 Å². The van der Waals surface area contributed by atoms with E-state index in [1.165, 1.54) is 16.7 Å². The standard InChI is InChI=1S/C51H71N9O11/c1-32(2)43(58-45(63)41(55-33(3)61)20-13-14-26-54-48(66)69-31-40-38-18-11-9-16-36(38)37-17-10-12-19-39(37)40)46(64)57-42(21-15-27-53-47(52)65)44(62)56-35-24-22-34(23-25-35)30-70-49(67)59(7)28-29-60(8)50(68)71-51(4,5)6/h9-12,16-19,22-25,32,40-43H,13-15,20-21,26-31H2,1-8H3,(H,54,66)(H,55,61)(H,56,62)(H,57,64)(H,58,63)(H3,52,53,65)/t41-,42-,43-/m0/s1. The van der Waals surface area contributed by atoms with Crippen LogP contribution in [0.25, 0.3) is 11.1 Å². The van der Waals surface area contributed by atoms with Crippen LogP contribution in [0.3, 0.4) is 0 Å². The molecule has 3 aromatic carbocycles. The summed E-state index contributed by atoms with van der Waals surface area (Å²) in [4.78, 5) is 105. The molecule has 1 aliphatic rings. The molecule has 3 aromatic rings. The number of hydrogen-bond acceptors (Lipinski definition) is 11. The van der Waals surface area contributed by atoms with E-state index in [9.17, 15) is 38.4 Å². The number of likely N-dealkylation sites (N-methyl/N-ethyl adjacent to an activating group) is 2. The Labute approximate surface area is 415 Å². The minimum absolute atomic E-state index is 0.0726. The second kappa shape index (κ2) is 27.1. The van der Waals surface area contributed by atoms with Crippen LogP contribution in [0.5, 0.6) is 0 Å². The Balaban J connectivity index is 1.27. The maximum Gasteiger partial charge on any atom is 0.410 e. The van der Waals surface area contributed by atoms with E-state index in [1.807, 2.05) is 36.4 Å². The third-order valence-corrected chi connectivity index (χ3v) is 11.4. The van der Waals surface area contributed by atoms with Gasteiger partial charge in [0.2, 0.25) is 23.6 Å². The van der Waals surface area contributed by atoms with Gasteiger partial charge in [-0.1, -0.05) is 74.5 Å². The second-order valence-corrected chi connectivity index (χ2v) is 18.8. The highest BCUT2D eigenvalue weighted by atomic mass is 16.6. The van der Waals surface area contributed by atoms with Gasteiger partial charge in [0, 0.05) is 58.8 Å². The number of carbonyl (C=O) groups is 8. The SMILES string of the molecule is CC(=O)N[C@@H](CCCCNC(=O)OCC1c2ccccc2-c2ccccc21)C(=O)N[C@H](C(=O)N[C@@H](CCCNC(N)=O)C(=O)Nc1ccc(COC(=O)N(C)CCN(C)C(=O)OC(C)(C)C)cc1)C(C)C. The summed E-state index contributed by atoms with van der Waals surface area (Å²) in [5.41, 5.74) is 10.0. The smallest absolute Gasteiger partial charge is 0.410 e. The maximum atomic E-state index is 13.9. The van der Waals surface area contributed by atoms with Gasteiger partial charge in [-0.05, 0) is 98.7 Å². The lowest BCUT2D eigenvalue weighted by Gasteiger charge is -2.27. The molecule has 386 valence electrons. The first-order chi connectivity index (χ1) is 33.6. The van der Waals surface area contributed by atoms with Gasteiger partial charge in [-0.25, -0.2) is 19.2 Å². The van der Waals surface area contributed by atoms with Gasteiger partial charge in [-0.15, -0.1) is 0 Å². The summed E-state index contributed by atoms with van der Waals surface area (Å²) in [5.74, 6) is -2.81. The van der Waals surface area contributed by atoms with Gasteiger partial charge in [0.25, 0.3) is 0 Å². The number of ether oxygens (including phenoxy) is 3. The zero-order valence-corrected chi connectivity index (χ0v) is 42.1. The van der Waals surface area contributed by atoms with E-state index in [-0.39, 0.29) is 64.6 Å². The van der Waals surface area contributed by atoms with Crippen molar-refractivity contribution in [2.45, 2.75) is 110 Å². The molecule has 71 heavy (non-hydrogen) atoms. The molecule has 0 saturated carbocycles. The van der Waals surface area contributed by atoms with E-state index in [2.05, 4.69) is 44.0 Å². The van der Waals surface area contributed by atoms with Crippen LogP contribution in [0.4, 0.5) is 24.9 Å². The summed E-state index contributed by atoms with van der Waals surface area (Å²) in [7, 11) is 3.12. The molecular formula is C51H71N9O11. The maximum absolute atomic E-state index is 13.9. The molecule has 0 radical (unpaired) electrons. The molecule has 0 aromatic heterocycles. The molecule has 4 rings (SSSR count). The van der Waals surface area contributed by atoms with Crippen molar-refractivity contribution in [3.05, 3.63) is 89.5 Å². The molecule has 0 aliphatic heterocycles. The minimum atomic E-state index is -1.11. The van der Waals surface area contributed by atoms with Crippen molar-refractivity contribution >= 4 is 53.6 Å². The number of carbonyl (C=O) groups excluding carboxylic acids is 8. The van der Waals surface area contributed by atoms with Crippen LogP contribution in [0, 0.1) is 5.92 Å². The molecule has 20 nitrogen and oxygen atoms in total. The summed E-state index contributed by atoms with van der Waals surface area (Å²) in [6.45, 7) is 10.9. The van der Waals surface area contributed by atoms with Gasteiger partial charge >= 0.3 is 24.3 Å². The molecule has 8 N–H and O–H groups in total. The molecule has 0 unspecified atom stereocenters. The van der Waals surface area contributed by atoms with E-state index >= 15 is 0 Å². The number of nitrogens with one attached hydrogen (secondary N) is 6. The average molecular weight is 986 g/mol. The molecule has 0 spiro atoms. The van der Waals surface area contributed by atoms with Crippen molar-refractivity contribution in [2.24, 2.45) is 11.7 Å². The van der Waals surface area contributed by atoms with Crippen LogP contribution in [0.15, 0.2) is 72.8 Å². The molecule has 1 aliphatic carbocycles. The van der Waals surface area contributed by atoms with Crippen LogP contribution in [-0.4, -0.2) is 128 Å². The molecular weight excluding hydrogens is 915 g/mol. The van der Waals surface area contributed by atoms with Crippen LogP contribution < -0.4 is 37.6 Å². The first-order valence-corrected chi connectivity index (χ1v) is 23.8. The third-order valence-electron chi connectivity index (χ3n) is 11.4. The lowest BCUT2D eigenvalue weighted by atomic mass is 9.98. The largest absolute Gasteiger partial charge is 0.449 e. The number of hydrogen-bond donors (Lipinski definition) is 7. The van der Waals surface area contributed by atoms with Crippen LogP contribution in [0.2, 0.25) is 0 Å². The first kappa shape index (κ1) is 56.2. The zero-order valence-electron chi connectivity index (χ0n) is 42.1. The van der Waals surface area contributed by atoms with Crippen molar-refractivity contribution in [1.29, 1.82) is 0 Å². The Kier molecular flexibility index (Phi) is 21.5. The summed E-state index contributed by atoms with van der Waals surface area (Å²) in [6.07, 6.45) is -0.234. The van der Waals surface area contributed by atoms with E-state index in [1.54, 1.807) is 73.0 Å². The number of rotatable bonds is 24. The molecule has 0 fully saturated rings. The lowest BCUT2D eigenvalue weighted by Crippen LogP contribution is -2.57. The summed E-state index contributed by atoms with van der Waals surface area (Å²) in [6, 6.07) is 18.6. The first-order valence-electron chi connectivity index (χ1n) is 23.8. The summed E-state index contributed by atoms with van der Waals surface area (Å²) in [5, 5.41) is 16.2. The zero-order chi connectivity index (χ0) is 52.3. The van der Waals surface area contributed by atoms with E-state index in [4.69, 9.17) is 19.9 Å². The van der Waals surface area contributed by atoms with Crippen molar-refractivity contribution < 1.29 is 52.6 Å². The quantitative estimate of drug-likeness (QED) is 0.0444. The highest BCUT2D eigenvalue weighted by Gasteiger charge is 2.32. The summed E-state index contributed by atoms with van der Waals surface area (Å²) < 4.78 is 16.4. The molecule has 0 heterocycles. The lowest BCUT2D eigenvalue weighted by molar-refractivity contribution is -0.133. The highest BCUT2D eigenvalue weighted by Crippen LogP contribution is 2.44. The van der Waals surface area contributed by atoms with Crippen LogP contribution >= 0.6 is 0 Å². The summed E-state index contributed by atoms with van der Waals surface area (Å²) >= 11 is 0. The minimum Gasteiger partial charge on any atom is -0.449 e. The Morgan fingerprint density at radius 1 is 0.662 bits per heavy atom. The predicted molar refractivity (Wildman–Crippen MR) is 267 cm³/mol. The number of amides is 9. The predicted octanol–water partition coefficient (Wildman–Crippen LogP) is 5.35. The number of fused-ring (bicyclic) bond motifs is 3. The fourth-order valence-electron chi connectivity index (χ4n) is 7.66. The van der Waals surface area contributed by atoms with Gasteiger partial charge in [0.1, 0.15) is 36.9 Å². The van der Waals surface area contributed by atoms with Crippen molar-refractivity contribution in [2.75, 3.05) is 52.2 Å². The van der Waals surface area contributed by atoms with Crippen molar-refractivity contribution in [1.82, 2.24) is 36.4 Å². The van der Waals surface area contributed by atoms with Gasteiger partial charge < -0.3 is 61.6 Å². The number of alkyl carbamates (subject to hydrolysis) is 1. The number of anilines is 1. The molecule has 20 heteroatoms. The number of unbranched alkanes of at least 4 members (excludes halogenated alkanes) is 1. The Hall–Kier alpha value is -7.38. The molecule has 3 atom stereocenters. The molecule has 9 amide bonds. The fraction of sp³-hybridized carbons (Fsp3) is 0.490. The normalized spacial score (nSPS) is 13.0. The topological polar surface area (TPSA) is 269 Å². The fourth-order valence-corrected chi connectivity index (χ4v) is 7.66. The van der Waals surface area contributed by atoms with Gasteiger partial charge in [-0.3, -0.25) is 19.2 Å². The molecule has 0 bridgehead atoms. The van der Waals surface area contributed by atoms with Crippen LogP contribution in [0.1, 0.15) is 96.3 Å². The number of nitrogens with zero attached hydrogens (tertiary/aromatic N) is 2. The highest BCUT2D eigenvalue weighted by molar-refractivity contribution is 5.99. The average Bonchev–Trinajstić information content (AvgIpc) is 3.63. The number of primary amides is 1. The van der Waals surface area contributed by atoms with E-state index in [0.717, 1.165) is 22.3 Å². The number of nitrogens with two attached hydrogens (primary N) is 1. The van der Waals surface area contributed by atoms with E-state index < -0.39 is 77.6 Å². The van der Waals surface area contributed by atoms with Gasteiger partial charge in [0.15, 0.2) is 0 Å². The van der Waals surface area contributed by atoms with Crippen LogP contribution in [-0.2, 0) is 40.0 Å². The van der Waals surface area contributed by atoms with Gasteiger partial charge in [-0.2, -0.15) is 0 Å². The number of benzene rings is 3. The Morgan fingerprint density at radius 3 is 1.80 bits per heavy atom. The monoisotopic (exact) mass is 986 g/mol. The third kappa shape index (κ3) is 18.5. The van der Waals surface area contributed by atoms with Gasteiger partial charge in [0.05, 0.1) is 0 Å². The Bertz CT molecular complexity index is 2270. The number of urea groups is 1. The Morgan fingerprint density at radius 2 is 1.23 bits per heavy atom. The molecule has 0 saturated heterocycles. The van der Waals surface area contributed by atoms with Crippen molar-refractivity contribution in [3.8, 4) is 11.1 Å².